The first-order valence-electron chi connectivity index (χ1n) is 5.88. The summed E-state index contributed by atoms with van der Waals surface area (Å²) in [5.41, 5.74) is 6.54. The minimum absolute atomic E-state index is 0.0680. The first kappa shape index (κ1) is 14.2. The van der Waals surface area contributed by atoms with Gasteiger partial charge in [-0.25, -0.2) is 0 Å². The summed E-state index contributed by atoms with van der Waals surface area (Å²) in [6.07, 6.45) is 0. The van der Waals surface area contributed by atoms with E-state index in [0.717, 1.165) is 5.56 Å². The van der Waals surface area contributed by atoms with E-state index in [-0.39, 0.29) is 18.5 Å². The highest BCUT2D eigenvalue weighted by atomic mass is 16.2. The van der Waals surface area contributed by atoms with Gasteiger partial charge in [-0.1, -0.05) is 18.2 Å². The molecule has 0 bridgehead atoms. The number of primary amides is 1. The Hall–Kier alpha value is -1.88. The van der Waals surface area contributed by atoms with Gasteiger partial charge in [0.05, 0.1) is 6.54 Å². The van der Waals surface area contributed by atoms with Crippen molar-refractivity contribution in [1.82, 2.24) is 10.6 Å². The first-order valence-corrected chi connectivity index (χ1v) is 5.88. The molecule has 0 atom stereocenters. The summed E-state index contributed by atoms with van der Waals surface area (Å²) in [6.45, 7) is 4.45. The number of carbonyl (C=O) groups is 2. The van der Waals surface area contributed by atoms with Crippen LogP contribution in [-0.2, 0) is 11.3 Å². The molecule has 0 aliphatic heterocycles. The molecule has 0 radical (unpaired) electrons. The second-order valence-corrected chi connectivity index (χ2v) is 4.35. The number of amides is 2. The number of hydrogen-bond donors (Lipinski definition) is 3. The molecule has 0 aliphatic carbocycles. The summed E-state index contributed by atoms with van der Waals surface area (Å²) in [4.78, 5) is 22.6. The maximum absolute atomic E-state index is 11.4. The van der Waals surface area contributed by atoms with Gasteiger partial charge in [-0.05, 0) is 25.5 Å². The smallest absolute Gasteiger partial charge is 0.249 e. The normalized spacial score (nSPS) is 10.4. The van der Waals surface area contributed by atoms with E-state index in [2.05, 4.69) is 10.6 Å². The largest absolute Gasteiger partial charge is 0.366 e. The molecular formula is C13H19N3O2. The predicted molar refractivity (Wildman–Crippen MR) is 69.9 cm³/mol. The Morgan fingerprint density at radius 1 is 1.28 bits per heavy atom. The molecule has 98 valence electrons. The van der Waals surface area contributed by atoms with Crippen LogP contribution in [-0.4, -0.2) is 24.4 Å². The molecular weight excluding hydrogens is 230 g/mol. The lowest BCUT2D eigenvalue weighted by atomic mass is 10.1. The van der Waals surface area contributed by atoms with E-state index < -0.39 is 5.91 Å². The van der Waals surface area contributed by atoms with Gasteiger partial charge in [-0.3, -0.25) is 9.59 Å². The molecule has 0 unspecified atom stereocenters. The van der Waals surface area contributed by atoms with Crippen molar-refractivity contribution in [3.8, 4) is 0 Å². The summed E-state index contributed by atoms with van der Waals surface area (Å²) in [6, 6.07) is 7.20. The third-order valence-electron chi connectivity index (χ3n) is 2.33. The minimum Gasteiger partial charge on any atom is -0.366 e. The summed E-state index contributed by atoms with van der Waals surface area (Å²) in [5.74, 6) is -0.527. The fourth-order valence-corrected chi connectivity index (χ4v) is 1.60. The van der Waals surface area contributed by atoms with E-state index in [0.29, 0.717) is 12.1 Å². The number of benzene rings is 1. The van der Waals surface area contributed by atoms with Gasteiger partial charge in [0.2, 0.25) is 11.8 Å². The van der Waals surface area contributed by atoms with E-state index in [1.54, 1.807) is 12.1 Å². The average molecular weight is 249 g/mol. The van der Waals surface area contributed by atoms with Crippen molar-refractivity contribution in [2.24, 2.45) is 5.73 Å². The van der Waals surface area contributed by atoms with Crippen LogP contribution in [0.3, 0.4) is 0 Å². The van der Waals surface area contributed by atoms with E-state index in [1.165, 1.54) is 0 Å². The molecule has 18 heavy (non-hydrogen) atoms. The third kappa shape index (κ3) is 4.55. The molecule has 0 aliphatic rings. The topological polar surface area (TPSA) is 84.2 Å². The third-order valence-corrected chi connectivity index (χ3v) is 2.33. The Bertz CT molecular complexity index is 430. The van der Waals surface area contributed by atoms with Crippen molar-refractivity contribution < 1.29 is 9.59 Å². The second kappa shape index (κ2) is 6.76. The number of carbonyl (C=O) groups excluding carboxylic acids is 2. The van der Waals surface area contributed by atoms with E-state index in [9.17, 15) is 9.59 Å². The molecule has 4 N–H and O–H groups in total. The number of rotatable bonds is 6. The minimum atomic E-state index is -0.459. The lowest BCUT2D eigenvalue weighted by Crippen LogP contribution is -2.37. The van der Waals surface area contributed by atoms with Crippen LogP contribution in [0.1, 0.15) is 29.8 Å². The van der Waals surface area contributed by atoms with Gasteiger partial charge in [-0.15, -0.1) is 0 Å². The molecule has 0 spiro atoms. The van der Waals surface area contributed by atoms with Gasteiger partial charge in [0.25, 0.3) is 0 Å². The van der Waals surface area contributed by atoms with Crippen LogP contribution in [0.5, 0.6) is 0 Å². The Kier molecular flexibility index (Phi) is 5.32. The summed E-state index contributed by atoms with van der Waals surface area (Å²) < 4.78 is 0. The van der Waals surface area contributed by atoms with Crippen LogP contribution in [0, 0.1) is 0 Å². The molecule has 0 fully saturated rings. The Morgan fingerprint density at radius 2 is 1.94 bits per heavy atom. The van der Waals surface area contributed by atoms with E-state index in [4.69, 9.17) is 5.73 Å². The number of nitrogens with two attached hydrogens (primary N) is 1. The van der Waals surface area contributed by atoms with E-state index >= 15 is 0 Å². The average Bonchev–Trinajstić information content (AvgIpc) is 2.28. The first-order chi connectivity index (χ1) is 8.50. The van der Waals surface area contributed by atoms with Crippen LogP contribution in [0.15, 0.2) is 24.3 Å². The molecule has 2 amide bonds. The standard InChI is InChI=1S/C13H19N3O2/c1-9(2)16-12(17)8-15-7-10-5-3-4-6-11(10)13(14)18/h3-6,9,15H,7-8H2,1-2H3,(H2,14,18)(H,16,17). The Balaban J connectivity index is 2.49. The molecule has 1 aromatic rings. The SMILES string of the molecule is CC(C)NC(=O)CNCc1ccccc1C(N)=O. The fourth-order valence-electron chi connectivity index (χ4n) is 1.60. The van der Waals surface area contributed by atoms with Gasteiger partial charge in [0.1, 0.15) is 0 Å². The molecule has 1 rings (SSSR count). The maximum atomic E-state index is 11.4. The maximum Gasteiger partial charge on any atom is 0.249 e. The quantitative estimate of drug-likeness (QED) is 0.682. The van der Waals surface area contributed by atoms with Gasteiger partial charge in [-0.2, -0.15) is 0 Å². The number of nitrogens with one attached hydrogen (secondary N) is 2. The van der Waals surface area contributed by atoms with Crippen molar-refractivity contribution in [3.05, 3.63) is 35.4 Å². The van der Waals surface area contributed by atoms with Gasteiger partial charge in [0, 0.05) is 18.2 Å². The molecule has 5 heteroatoms. The fraction of sp³-hybridized carbons (Fsp3) is 0.385. The lowest BCUT2D eigenvalue weighted by Gasteiger charge is -2.10. The predicted octanol–water partition coefficient (Wildman–Crippen LogP) is 0.400. The van der Waals surface area contributed by atoms with E-state index in [1.807, 2.05) is 26.0 Å². The summed E-state index contributed by atoms with van der Waals surface area (Å²) >= 11 is 0. The highest BCUT2D eigenvalue weighted by Gasteiger charge is 2.07. The number of hydrogen-bond acceptors (Lipinski definition) is 3. The Morgan fingerprint density at radius 3 is 2.56 bits per heavy atom. The van der Waals surface area contributed by atoms with Crippen molar-refractivity contribution in [1.29, 1.82) is 0 Å². The summed E-state index contributed by atoms with van der Waals surface area (Å²) in [7, 11) is 0. The molecule has 5 nitrogen and oxygen atoms in total. The zero-order valence-corrected chi connectivity index (χ0v) is 10.7. The molecule has 1 aromatic carbocycles. The summed E-state index contributed by atoms with van der Waals surface area (Å²) in [5, 5.41) is 5.76. The molecule has 0 saturated heterocycles. The van der Waals surface area contributed by atoms with Crippen molar-refractivity contribution in [2.45, 2.75) is 26.4 Å². The molecule has 0 aromatic heterocycles. The van der Waals surface area contributed by atoms with Crippen molar-refractivity contribution in [3.63, 3.8) is 0 Å². The van der Waals surface area contributed by atoms with Crippen molar-refractivity contribution >= 4 is 11.8 Å². The van der Waals surface area contributed by atoms with Crippen LogP contribution < -0.4 is 16.4 Å². The second-order valence-electron chi connectivity index (χ2n) is 4.35. The van der Waals surface area contributed by atoms with Crippen LogP contribution in [0.4, 0.5) is 0 Å². The Labute approximate surface area is 107 Å². The van der Waals surface area contributed by atoms with Crippen LogP contribution in [0.2, 0.25) is 0 Å². The van der Waals surface area contributed by atoms with Gasteiger partial charge < -0.3 is 16.4 Å². The highest BCUT2D eigenvalue weighted by molar-refractivity contribution is 5.94. The highest BCUT2D eigenvalue weighted by Crippen LogP contribution is 2.07. The van der Waals surface area contributed by atoms with Crippen molar-refractivity contribution in [2.75, 3.05) is 6.54 Å². The van der Waals surface area contributed by atoms with Gasteiger partial charge >= 0.3 is 0 Å². The zero-order valence-electron chi connectivity index (χ0n) is 10.7. The van der Waals surface area contributed by atoms with Crippen LogP contribution in [0.25, 0.3) is 0 Å². The molecule has 0 heterocycles. The van der Waals surface area contributed by atoms with Gasteiger partial charge in [0.15, 0.2) is 0 Å². The monoisotopic (exact) mass is 249 g/mol. The van der Waals surface area contributed by atoms with Crippen LogP contribution >= 0.6 is 0 Å². The lowest BCUT2D eigenvalue weighted by molar-refractivity contribution is -0.120. The zero-order chi connectivity index (χ0) is 13.5. The molecule has 0 saturated carbocycles.